The molecule has 0 unspecified atom stereocenters. The molecular formula is C25H23N3O2S. The number of nitrogens with zero attached hydrogens (tertiary/aromatic N) is 2. The second-order valence-corrected chi connectivity index (χ2v) is 8.21. The lowest BCUT2D eigenvalue weighted by atomic mass is 10.1. The number of hydrogen-bond acceptors (Lipinski definition) is 5. The zero-order chi connectivity index (χ0) is 21.8. The van der Waals surface area contributed by atoms with Crippen molar-refractivity contribution >= 4 is 22.9 Å². The number of hydrogen-bond donors (Lipinski definition) is 1. The van der Waals surface area contributed by atoms with Gasteiger partial charge in [-0.2, -0.15) is 0 Å². The monoisotopic (exact) mass is 429 g/mol. The maximum absolute atomic E-state index is 12.5. The molecule has 0 aliphatic heterocycles. The van der Waals surface area contributed by atoms with Crippen molar-refractivity contribution in [2.24, 2.45) is 0 Å². The maximum Gasteiger partial charge on any atom is 0.262 e. The van der Waals surface area contributed by atoms with Gasteiger partial charge in [0.05, 0.1) is 5.69 Å². The number of pyridine rings is 1. The lowest BCUT2D eigenvalue weighted by molar-refractivity contribution is -0.118. The first-order valence-electron chi connectivity index (χ1n) is 9.97. The molecule has 2 aromatic heterocycles. The molecule has 0 atom stereocenters. The lowest BCUT2D eigenvalue weighted by Gasteiger charge is -2.14. The van der Waals surface area contributed by atoms with Crippen LogP contribution in [-0.2, 0) is 4.79 Å². The Morgan fingerprint density at radius 3 is 2.65 bits per heavy atom. The fourth-order valence-electron chi connectivity index (χ4n) is 3.27. The molecule has 2 heterocycles. The summed E-state index contributed by atoms with van der Waals surface area (Å²) in [5.41, 5.74) is 6.72. The number of carbonyl (C=O) groups is 1. The van der Waals surface area contributed by atoms with Crippen molar-refractivity contribution in [2.45, 2.75) is 20.8 Å². The van der Waals surface area contributed by atoms with Crippen molar-refractivity contribution in [2.75, 3.05) is 11.9 Å². The van der Waals surface area contributed by atoms with Crippen molar-refractivity contribution in [1.29, 1.82) is 0 Å². The fraction of sp³-hybridized carbons (Fsp3) is 0.160. The first-order chi connectivity index (χ1) is 15.0. The molecule has 6 heteroatoms. The number of anilines is 1. The van der Waals surface area contributed by atoms with E-state index in [4.69, 9.17) is 9.72 Å². The topological polar surface area (TPSA) is 64.1 Å². The quantitative estimate of drug-likeness (QED) is 0.420. The van der Waals surface area contributed by atoms with Gasteiger partial charge in [-0.3, -0.25) is 9.78 Å². The summed E-state index contributed by atoms with van der Waals surface area (Å²) in [5, 5.41) is 5.84. The van der Waals surface area contributed by atoms with Gasteiger partial charge in [0.25, 0.3) is 5.91 Å². The Balaban J connectivity index is 1.44. The first kappa shape index (κ1) is 20.8. The van der Waals surface area contributed by atoms with Crippen LogP contribution in [-0.4, -0.2) is 22.5 Å². The third-order valence-electron chi connectivity index (χ3n) is 5.08. The average molecular weight is 430 g/mol. The predicted octanol–water partition coefficient (Wildman–Crippen LogP) is 5.81. The Hall–Kier alpha value is -3.51. The number of ether oxygens (including phenoxy) is 1. The highest BCUT2D eigenvalue weighted by Crippen LogP contribution is 2.30. The van der Waals surface area contributed by atoms with Crippen molar-refractivity contribution in [1.82, 2.24) is 9.97 Å². The van der Waals surface area contributed by atoms with Crippen LogP contribution in [0.25, 0.3) is 21.8 Å². The Morgan fingerprint density at radius 2 is 1.84 bits per heavy atom. The average Bonchev–Trinajstić information content (AvgIpc) is 3.28. The largest absolute Gasteiger partial charge is 0.483 e. The SMILES string of the molecule is Cc1ccc(C)c(OCC(=O)Nc2cccc(-c3csc(-c4cccnc4)n3)c2)c1C. The Morgan fingerprint density at radius 1 is 1.03 bits per heavy atom. The number of aromatic nitrogens is 2. The van der Waals surface area contributed by atoms with E-state index in [9.17, 15) is 4.79 Å². The van der Waals surface area contributed by atoms with Crippen molar-refractivity contribution in [3.05, 3.63) is 83.0 Å². The van der Waals surface area contributed by atoms with E-state index >= 15 is 0 Å². The normalized spacial score (nSPS) is 10.7. The molecule has 0 fully saturated rings. The number of amides is 1. The Kier molecular flexibility index (Phi) is 6.09. The summed E-state index contributed by atoms with van der Waals surface area (Å²) >= 11 is 1.57. The molecule has 31 heavy (non-hydrogen) atoms. The number of thiazole rings is 1. The van der Waals surface area contributed by atoms with Crippen LogP contribution in [0.5, 0.6) is 5.75 Å². The van der Waals surface area contributed by atoms with E-state index in [0.717, 1.165) is 44.3 Å². The van der Waals surface area contributed by atoms with Crippen LogP contribution >= 0.6 is 11.3 Å². The number of benzene rings is 2. The van der Waals surface area contributed by atoms with Crippen LogP contribution < -0.4 is 10.1 Å². The van der Waals surface area contributed by atoms with Gasteiger partial charge in [0.1, 0.15) is 10.8 Å². The van der Waals surface area contributed by atoms with Gasteiger partial charge in [-0.15, -0.1) is 11.3 Å². The third-order valence-corrected chi connectivity index (χ3v) is 5.97. The standard InChI is InChI=1S/C25H23N3O2S/c1-16-9-10-17(2)24(18(16)3)30-14-23(29)27-21-8-4-6-19(12-21)22-15-31-25(28-22)20-7-5-11-26-13-20/h4-13,15H,14H2,1-3H3,(H,27,29). The summed E-state index contributed by atoms with van der Waals surface area (Å²) in [6.45, 7) is 5.98. The fourth-order valence-corrected chi connectivity index (χ4v) is 4.09. The summed E-state index contributed by atoms with van der Waals surface area (Å²) < 4.78 is 5.82. The highest BCUT2D eigenvalue weighted by Gasteiger charge is 2.11. The number of carbonyl (C=O) groups excluding carboxylic acids is 1. The van der Waals surface area contributed by atoms with E-state index in [2.05, 4.69) is 16.4 Å². The maximum atomic E-state index is 12.5. The zero-order valence-corrected chi connectivity index (χ0v) is 18.5. The molecule has 0 spiro atoms. The molecule has 1 N–H and O–H groups in total. The van der Waals surface area contributed by atoms with Gasteiger partial charge in [0.2, 0.25) is 0 Å². The second-order valence-electron chi connectivity index (χ2n) is 7.35. The van der Waals surface area contributed by atoms with E-state index in [1.54, 1.807) is 23.7 Å². The van der Waals surface area contributed by atoms with E-state index in [-0.39, 0.29) is 12.5 Å². The highest BCUT2D eigenvalue weighted by molar-refractivity contribution is 7.13. The molecule has 0 saturated carbocycles. The molecule has 0 saturated heterocycles. The van der Waals surface area contributed by atoms with Crippen molar-refractivity contribution in [3.63, 3.8) is 0 Å². The van der Waals surface area contributed by atoms with E-state index in [0.29, 0.717) is 5.69 Å². The van der Waals surface area contributed by atoms with Crippen LogP contribution in [0.3, 0.4) is 0 Å². The van der Waals surface area contributed by atoms with E-state index < -0.39 is 0 Å². The number of aryl methyl sites for hydroxylation is 2. The first-order valence-corrected chi connectivity index (χ1v) is 10.8. The van der Waals surface area contributed by atoms with Crippen LogP contribution in [0.1, 0.15) is 16.7 Å². The molecule has 0 radical (unpaired) electrons. The number of nitrogens with one attached hydrogen (secondary N) is 1. The Bertz CT molecular complexity index is 1220. The minimum Gasteiger partial charge on any atom is -0.483 e. The van der Waals surface area contributed by atoms with Gasteiger partial charge in [-0.05, 0) is 61.7 Å². The molecule has 0 aliphatic carbocycles. The van der Waals surface area contributed by atoms with Gasteiger partial charge in [0.15, 0.2) is 6.61 Å². The minimum atomic E-state index is -0.202. The van der Waals surface area contributed by atoms with Gasteiger partial charge in [0, 0.05) is 34.6 Å². The molecular weight excluding hydrogens is 406 g/mol. The summed E-state index contributed by atoms with van der Waals surface area (Å²) in [7, 11) is 0. The molecule has 5 nitrogen and oxygen atoms in total. The molecule has 1 amide bonds. The van der Waals surface area contributed by atoms with Gasteiger partial charge >= 0.3 is 0 Å². The molecule has 2 aromatic carbocycles. The van der Waals surface area contributed by atoms with Crippen LogP contribution in [0, 0.1) is 20.8 Å². The zero-order valence-electron chi connectivity index (χ0n) is 17.7. The highest BCUT2D eigenvalue weighted by atomic mass is 32.1. The summed E-state index contributed by atoms with van der Waals surface area (Å²) in [4.78, 5) is 21.3. The summed E-state index contributed by atoms with van der Waals surface area (Å²) in [6, 6.07) is 15.6. The minimum absolute atomic E-state index is 0.0444. The Labute approximate surface area is 185 Å². The molecule has 4 aromatic rings. The third kappa shape index (κ3) is 4.81. The van der Waals surface area contributed by atoms with Gasteiger partial charge in [-0.25, -0.2) is 4.98 Å². The lowest BCUT2D eigenvalue weighted by Crippen LogP contribution is -2.20. The summed E-state index contributed by atoms with van der Waals surface area (Å²) in [6.07, 6.45) is 3.55. The van der Waals surface area contributed by atoms with E-state index in [1.165, 1.54) is 0 Å². The summed E-state index contributed by atoms with van der Waals surface area (Å²) in [5.74, 6) is 0.570. The predicted molar refractivity (Wildman–Crippen MR) is 126 cm³/mol. The smallest absolute Gasteiger partial charge is 0.262 e. The molecule has 156 valence electrons. The van der Waals surface area contributed by atoms with Crippen molar-refractivity contribution < 1.29 is 9.53 Å². The van der Waals surface area contributed by atoms with Gasteiger partial charge < -0.3 is 10.1 Å². The molecule has 0 bridgehead atoms. The van der Waals surface area contributed by atoms with Crippen LogP contribution in [0.2, 0.25) is 0 Å². The van der Waals surface area contributed by atoms with Crippen LogP contribution in [0.15, 0.2) is 66.3 Å². The van der Waals surface area contributed by atoms with Gasteiger partial charge in [-0.1, -0.05) is 24.3 Å². The van der Waals surface area contributed by atoms with Crippen LogP contribution in [0.4, 0.5) is 5.69 Å². The molecule has 4 rings (SSSR count). The molecule has 0 aliphatic rings. The van der Waals surface area contributed by atoms with E-state index in [1.807, 2.05) is 68.6 Å². The second kappa shape index (κ2) is 9.10. The van der Waals surface area contributed by atoms with Crippen molar-refractivity contribution in [3.8, 4) is 27.6 Å². The number of rotatable bonds is 6.